The molecule has 0 radical (unpaired) electrons. The average Bonchev–Trinajstić information content (AvgIpc) is 3.57. The zero-order valence-corrected chi connectivity index (χ0v) is 17.3. The van der Waals surface area contributed by atoms with Crippen molar-refractivity contribution in [3.8, 4) is 17.6 Å². The molecule has 4 rings (SSSR count). The molecule has 0 aromatic heterocycles. The Labute approximate surface area is 175 Å². The lowest BCUT2D eigenvalue weighted by molar-refractivity contribution is 0.229. The zero-order valence-electron chi connectivity index (χ0n) is 16.5. The Hall–Kier alpha value is -2.68. The van der Waals surface area contributed by atoms with Crippen LogP contribution in [0.25, 0.3) is 0 Å². The predicted molar refractivity (Wildman–Crippen MR) is 113 cm³/mol. The van der Waals surface area contributed by atoms with Crippen molar-refractivity contribution in [2.75, 3.05) is 25.7 Å². The molecule has 1 fully saturated rings. The molecule has 0 spiro atoms. The Kier molecular flexibility index (Phi) is 5.40. The lowest BCUT2D eigenvalue weighted by Crippen LogP contribution is -2.57. The van der Waals surface area contributed by atoms with Crippen LogP contribution >= 0.6 is 11.6 Å². The normalized spacial score (nSPS) is 20.4. The van der Waals surface area contributed by atoms with E-state index in [0.29, 0.717) is 18.2 Å². The van der Waals surface area contributed by atoms with Crippen LogP contribution in [-0.4, -0.2) is 26.9 Å². The van der Waals surface area contributed by atoms with Crippen molar-refractivity contribution in [2.45, 2.75) is 24.9 Å². The molecule has 1 aliphatic carbocycles. The van der Waals surface area contributed by atoms with Crippen LogP contribution < -0.4 is 15.0 Å². The van der Waals surface area contributed by atoms with E-state index in [4.69, 9.17) is 21.1 Å². The van der Waals surface area contributed by atoms with E-state index in [1.807, 2.05) is 42.5 Å². The van der Waals surface area contributed by atoms with E-state index in [0.717, 1.165) is 35.4 Å². The summed E-state index contributed by atoms with van der Waals surface area (Å²) in [4.78, 5) is 15.0. The van der Waals surface area contributed by atoms with Crippen LogP contribution in [0.4, 0.5) is 10.5 Å². The highest BCUT2D eigenvalue weighted by Crippen LogP contribution is 2.50. The summed E-state index contributed by atoms with van der Waals surface area (Å²) in [7, 11) is 3.24. The number of halogens is 1. The second kappa shape index (κ2) is 7.98. The molecule has 29 heavy (non-hydrogen) atoms. The van der Waals surface area contributed by atoms with E-state index in [1.54, 1.807) is 19.1 Å². The quantitative estimate of drug-likeness (QED) is 0.746. The summed E-state index contributed by atoms with van der Waals surface area (Å²) < 4.78 is 10.3. The third kappa shape index (κ3) is 3.78. The molecule has 2 aromatic carbocycles. The van der Waals surface area contributed by atoms with Gasteiger partial charge < -0.3 is 14.8 Å². The standard InChI is InChI=1S/C23H23ClN2O3/c1-28-13-3-12-23(17-6-7-17)20-14-18(24)8-11-21(20)26(22(27)25-23)15-16-4-9-19(29-2)10-5-16/h4-5,8-11,14,17H,6-7,13,15H2,1-2H3,(H,25,27). The number of amides is 2. The Bertz CT molecular complexity index is 976. The van der Waals surface area contributed by atoms with Crippen LogP contribution in [0.15, 0.2) is 42.5 Å². The fourth-order valence-electron chi connectivity index (χ4n) is 3.83. The maximum Gasteiger partial charge on any atom is 0.323 e. The molecule has 6 heteroatoms. The number of anilines is 1. The Morgan fingerprint density at radius 3 is 2.62 bits per heavy atom. The van der Waals surface area contributed by atoms with Crippen LogP contribution in [0.1, 0.15) is 24.0 Å². The largest absolute Gasteiger partial charge is 0.497 e. The van der Waals surface area contributed by atoms with E-state index in [2.05, 4.69) is 17.2 Å². The molecule has 0 saturated heterocycles. The van der Waals surface area contributed by atoms with Crippen molar-refractivity contribution in [3.05, 3.63) is 58.6 Å². The molecule has 1 aliphatic heterocycles. The van der Waals surface area contributed by atoms with Gasteiger partial charge in [-0.3, -0.25) is 4.90 Å². The fourth-order valence-corrected chi connectivity index (χ4v) is 4.00. The minimum absolute atomic E-state index is 0.158. The number of carbonyl (C=O) groups is 1. The first-order valence-electron chi connectivity index (χ1n) is 9.59. The summed E-state index contributed by atoms with van der Waals surface area (Å²) in [6, 6.07) is 13.2. The molecule has 5 nitrogen and oxygen atoms in total. The molecular weight excluding hydrogens is 388 g/mol. The van der Waals surface area contributed by atoms with Gasteiger partial charge in [-0.15, -0.1) is 0 Å². The van der Waals surface area contributed by atoms with Gasteiger partial charge in [0.1, 0.15) is 17.9 Å². The molecule has 2 aromatic rings. The van der Waals surface area contributed by atoms with Crippen LogP contribution in [0, 0.1) is 17.8 Å². The number of nitrogens with zero attached hydrogens (tertiary/aromatic N) is 1. The van der Waals surface area contributed by atoms with Gasteiger partial charge >= 0.3 is 6.03 Å². The Morgan fingerprint density at radius 2 is 1.97 bits per heavy atom. The monoisotopic (exact) mass is 410 g/mol. The Balaban J connectivity index is 1.75. The molecule has 1 atom stereocenters. The van der Waals surface area contributed by atoms with Gasteiger partial charge in [-0.25, -0.2) is 4.79 Å². The lowest BCUT2D eigenvalue weighted by Gasteiger charge is -2.41. The molecule has 150 valence electrons. The third-order valence-electron chi connectivity index (χ3n) is 5.42. The van der Waals surface area contributed by atoms with Crippen LogP contribution in [0.3, 0.4) is 0 Å². The number of rotatable bonds is 5. The maximum atomic E-state index is 13.2. The molecular formula is C23H23ClN2O3. The highest BCUT2D eigenvalue weighted by molar-refractivity contribution is 6.30. The molecule has 2 aliphatic rings. The Morgan fingerprint density at radius 1 is 1.21 bits per heavy atom. The number of urea groups is 1. The van der Waals surface area contributed by atoms with Gasteiger partial charge in [0.05, 0.1) is 19.3 Å². The summed E-state index contributed by atoms with van der Waals surface area (Å²) in [5, 5.41) is 3.83. The lowest BCUT2D eigenvalue weighted by atomic mass is 9.82. The maximum absolute atomic E-state index is 13.2. The van der Waals surface area contributed by atoms with Crippen molar-refractivity contribution in [2.24, 2.45) is 5.92 Å². The van der Waals surface area contributed by atoms with Crippen molar-refractivity contribution in [1.29, 1.82) is 0 Å². The topological polar surface area (TPSA) is 50.8 Å². The number of methoxy groups -OCH3 is 2. The van der Waals surface area contributed by atoms with Crippen molar-refractivity contribution < 1.29 is 14.3 Å². The molecule has 2 amide bonds. The fraction of sp³-hybridized carbons (Fsp3) is 0.348. The van der Waals surface area contributed by atoms with Crippen LogP contribution in [-0.2, 0) is 16.8 Å². The second-order valence-corrected chi connectivity index (χ2v) is 7.78. The minimum atomic E-state index is -0.730. The average molecular weight is 411 g/mol. The van der Waals surface area contributed by atoms with E-state index in [9.17, 15) is 4.79 Å². The molecule has 1 heterocycles. The highest BCUT2D eigenvalue weighted by atomic mass is 35.5. The molecule has 1 N–H and O–H groups in total. The number of hydrogen-bond donors (Lipinski definition) is 1. The minimum Gasteiger partial charge on any atom is -0.497 e. The molecule has 1 unspecified atom stereocenters. The van der Waals surface area contributed by atoms with Crippen LogP contribution in [0.5, 0.6) is 5.75 Å². The smallest absolute Gasteiger partial charge is 0.323 e. The number of benzene rings is 2. The van der Waals surface area contributed by atoms with Crippen molar-refractivity contribution in [3.63, 3.8) is 0 Å². The molecule has 1 saturated carbocycles. The first-order chi connectivity index (χ1) is 14.1. The summed E-state index contributed by atoms with van der Waals surface area (Å²) >= 11 is 6.35. The van der Waals surface area contributed by atoms with Gasteiger partial charge in [-0.05, 0) is 54.7 Å². The number of carbonyl (C=O) groups excluding carboxylic acids is 1. The summed E-state index contributed by atoms with van der Waals surface area (Å²) in [5.74, 6) is 7.42. The van der Waals surface area contributed by atoms with Crippen LogP contribution in [0.2, 0.25) is 5.02 Å². The van der Waals surface area contributed by atoms with Gasteiger partial charge in [0.15, 0.2) is 0 Å². The second-order valence-electron chi connectivity index (χ2n) is 7.34. The number of fused-ring (bicyclic) bond motifs is 1. The first kappa shape index (κ1) is 19.6. The van der Waals surface area contributed by atoms with E-state index in [1.165, 1.54) is 0 Å². The van der Waals surface area contributed by atoms with Gasteiger partial charge in [0, 0.05) is 17.7 Å². The van der Waals surface area contributed by atoms with Gasteiger partial charge in [0.2, 0.25) is 0 Å². The summed E-state index contributed by atoms with van der Waals surface area (Å²) in [6.45, 7) is 0.756. The number of hydrogen-bond acceptors (Lipinski definition) is 3. The first-order valence-corrected chi connectivity index (χ1v) is 9.97. The summed E-state index contributed by atoms with van der Waals surface area (Å²) in [5.41, 5.74) is 2.06. The number of ether oxygens (including phenoxy) is 2. The zero-order chi connectivity index (χ0) is 20.4. The van der Waals surface area contributed by atoms with Crippen molar-refractivity contribution >= 4 is 23.3 Å². The van der Waals surface area contributed by atoms with Gasteiger partial charge in [-0.2, -0.15) is 0 Å². The van der Waals surface area contributed by atoms with E-state index >= 15 is 0 Å². The van der Waals surface area contributed by atoms with E-state index < -0.39 is 5.54 Å². The summed E-state index contributed by atoms with van der Waals surface area (Å²) in [6.07, 6.45) is 2.04. The highest BCUT2D eigenvalue weighted by Gasteiger charge is 2.51. The predicted octanol–water partition coefficient (Wildman–Crippen LogP) is 4.33. The number of nitrogens with one attached hydrogen (secondary N) is 1. The molecule has 0 bridgehead atoms. The van der Waals surface area contributed by atoms with E-state index in [-0.39, 0.29) is 11.9 Å². The third-order valence-corrected chi connectivity index (χ3v) is 5.65. The van der Waals surface area contributed by atoms with Gasteiger partial charge in [0.25, 0.3) is 0 Å². The SMILES string of the molecule is COCC#CC1(C2CC2)NC(=O)N(Cc2ccc(OC)cc2)c2ccc(Cl)cc21. The van der Waals surface area contributed by atoms with Crippen molar-refractivity contribution in [1.82, 2.24) is 5.32 Å². The van der Waals surface area contributed by atoms with Gasteiger partial charge in [-0.1, -0.05) is 35.6 Å².